The molecule has 1 aromatic heterocycles. The van der Waals surface area contributed by atoms with E-state index in [1.165, 1.54) is 6.39 Å². The molecule has 0 aliphatic carbocycles. The Labute approximate surface area is 120 Å². The number of hydrogen-bond donors (Lipinski definition) is 0. The van der Waals surface area contributed by atoms with E-state index in [0.29, 0.717) is 23.4 Å². The van der Waals surface area contributed by atoms with Crippen LogP contribution < -0.4 is 9.64 Å². The quantitative estimate of drug-likeness (QED) is 0.724. The summed E-state index contributed by atoms with van der Waals surface area (Å²) in [6.45, 7) is 0.553. The molecule has 5 nitrogen and oxygen atoms in total. The lowest BCUT2D eigenvalue weighted by Crippen LogP contribution is -2.22. The Morgan fingerprint density at radius 2 is 2.14 bits per heavy atom. The van der Waals surface area contributed by atoms with Gasteiger partial charge in [0.1, 0.15) is 11.3 Å². The van der Waals surface area contributed by atoms with Crippen LogP contribution in [-0.4, -0.2) is 18.0 Å². The molecule has 0 spiro atoms. The van der Waals surface area contributed by atoms with Crippen molar-refractivity contribution in [3.05, 3.63) is 53.9 Å². The molecule has 3 aromatic rings. The zero-order valence-corrected chi connectivity index (χ0v) is 11.4. The maximum Gasteiger partial charge on any atom is 0.259 e. The fraction of sp³-hybridized carbons (Fsp3) is 0.125. The van der Waals surface area contributed by atoms with Crippen LogP contribution in [0.3, 0.4) is 0 Å². The first-order chi connectivity index (χ1) is 10.3. The van der Waals surface area contributed by atoms with Crippen LogP contribution in [0.1, 0.15) is 15.9 Å². The van der Waals surface area contributed by atoms with Crippen molar-refractivity contribution in [2.45, 2.75) is 6.54 Å². The third-order valence-electron chi connectivity index (χ3n) is 3.75. The fourth-order valence-corrected chi connectivity index (χ4v) is 2.63. The topological polar surface area (TPSA) is 55.6 Å². The SMILES string of the molecule is COc1ccc2c(c1)C(=O)N(c1ccc3ncoc3c1)C2. The van der Waals surface area contributed by atoms with Crippen molar-refractivity contribution >= 4 is 22.7 Å². The summed E-state index contributed by atoms with van der Waals surface area (Å²) in [6, 6.07) is 11.2. The van der Waals surface area contributed by atoms with Crippen molar-refractivity contribution < 1.29 is 13.9 Å². The van der Waals surface area contributed by atoms with Crippen LogP contribution in [0.15, 0.2) is 47.2 Å². The van der Waals surface area contributed by atoms with Crippen LogP contribution in [0, 0.1) is 0 Å². The highest BCUT2D eigenvalue weighted by Crippen LogP contribution is 2.32. The number of rotatable bonds is 2. The first kappa shape index (κ1) is 12.0. The Hall–Kier alpha value is -2.82. The van der Waals surface area contributed by atoms with E-state index in [1.54, 1.807) is 18.1 Å². The van der Waals surface area contributed by atoms with Crippen molar-refractivity contribution in [3.8, 4) is 5.75 Å². The van der Waals surface area contributed by atoms with E-state index in [4.69, 9.17) is 9.15 Å². The van der Waals surface area contributed by atoms with Gasteiger partial charge in [-0.25, -0.2) is 4.98 Å². The van der Waals surface area contributed by atoms with E-state index in [2.05, 4.69) is 4.98 Å². The second kappa shape index (κ2) is 4.34. The first-order valence-electron chi connectivity index (χ1n) is 6.58. The number of carbonyl (C=O) groups is 1. The van der Waals surface area contributed by atoms with Gasteiger partial charge in [0, 0.05) is 17.3 Å². The lowest BCUT2D eigenvalue weighted by Gasteiger charge is -2.15. The van der Waals surface area contributed by atoms with Crippen molar-refractivity contribution in [2.75, 3.05) is 12.0 Å². The molecule has 2 aromatic carbocycles. The molecule has 0 N–H and O–H groups in total. The molecule has 0 radical (unpaired) electrons. The number of methoxy groups -OCH3 is 1. The molecular formula is C16H12N2O3. The summed E-state index contributed by atoms with van der Waals surface area (Å²) in [4.78, 5) is 18.4. The van der Waals surface area contributed by atoms with Gasteiger partial charge in [0.15, 0.2) is 12.0 Å². The maximum absolute atomic E-state index is 12.6. The Balaban J connectivity index is 1.75. The summed E-state index contributed by atoms with van der Waals surface area (Å²) in [5.41, 5.74) is 3.95. The predicted molar refractivity (Wildman–Crippen MR) is 77.5 cm³/mol. The summed E-state index contributed by atoms with van der Waals surface area (Å²) in [5.74, 6) is 0.664. The largest absolute Gasteiger partial charge is 0.497 e. The van der Waals surface area contributed by atoms with Gasteiger partial charge < -0.3 is 14.1 Å². The number of nitrogens with zero attached hydrogens (tertiary/aromatic N) is 2. The molecule has 5 heteroatoms. The number of carbonyl (C=O) groups excluding carboxylic acids is 1. The Morgan fingerprint density at radius 3 is 3.00 bits per heavy atom. The number of hydrogen-bond acceptors (Lipinski definition) is 4. The molecule has 0 atom stereocenters. The zero-order chi connectivity index (χ0) is 14.4. The zero-order valence-electron chi connectivity index (χ0n) is 11.4. The van der Waals surface area contributed by atoms with E-state index in [9.17, 15) is 4.79 Å². The van der Waals surface area contributed by atoms with Crippen molar-refractivity contribution in [1.82, 2.24) is 4.98 Å². The van der Waals surface area contributed by atoms with Crippen LogP contribution in [0.25, 0.3) is 11.1 Å². The second-order valence-electron chi connectivity index (χ2n) is 4.92. The molecule has 2 heterocycles. The standard InChI is InChI=1S/C16H12N2O3/c1-20-12-4-2-10-8-18(16(19)13(10)7-12)11-3-5-14-15(6-11)21-9-17-14/h2-7,9H,8H2,1H3. The molecule has 21 heavy (non-hydrogen) atoms. The molecule has 1 amide bonds. The van der Waals surface area contributed by atoms with Gasteiger partial charge in [-0.1, -0.05) is 6.07 Å². The molecule has 0 saturated carbocycles. The van der Waals surface area contributed by atoms with Crippen molar-refractivity contribution in [1.29, 1.82) is 0 Å². The average molecular weight is 280 g/mol. The van der Waals surface area contributed by atoms with Gasteiger partial charge in [0.2, 0.25) is 0 Å². The van der Waals surface area contributed by atoms with Crippen LogP contribution >= 0.6 is 0 Å². The summed E-state index contributed by atoms with van der Waals surface area (Å²) in [7, 11) is 1.59. The molecule has 1 aliphatic heterocycles. The summed E-state index contributed by atoms with van der Waals surface area (Å²) >= 11 is 0. The highest BCUT2D eigenvalue weighted by Gasteiger charge is 2.29. The van der Waals surface area contributed by atoms with E-state index in [1.807, 2.05) is 30.3 Å². The van der Waals surface area contributed by atoms with Crippen LogP contribution in [0.4, 0.5) is 5.69 Å². The minimum absolute atomic E-state index is 0.0252. The minimum Gasteiger partial charge on any atom is -0.497 e. The molecule has 1 aliphatic rings. The highest BCUT2D eigenvalue weighted by atomic mass is 16.5. The van der Waals surface area contributed by atoms with Crippen LogP contribution in [0.5, 0.6) is 5.75 Å². The van der Waals surface area contributed by atoms with Crippen LogP contribution in [0.2, 0.25) is 0 Å². The molecule has 0 fully saturated rings. The minimum atomic E-state index is -0.0252. The van der Waals surface area contributed by atoms with Gasteiger partial charge in [-0.15, -0.1) is 0 Å². The number of fused-ring (bicyclic) bond motifs is 2. The van der Waals surface area contributed by atoms with E-state index < -0.39 is 0 Å². The fourth-order valence-electron chi connectivity index (χ4n) is 2.63. The lowest BCUT2D eigenvalue weighted by molar-refractivity contribution is 0.0996. The van der Waals surface area contributed by atoms with Gasteiger partial charge in [-0.3, -0.25) is 4.79 Å². The first-order valence-corrected chi connectivity index (χ1v) is 6.58. The normalized spacial score (nSPS) is 13.8. The lowest BCUT2D eigenvalue weighted by atomic mass is 10.1. The molecule has 0 bridgehead atoms. The number of amides is 1. The Kier molecular flexibility index (Phi) is 2.47. The van der Waals surface area contributed by atoms with Gasteiger partial charge in [-0.2, -0.15) is 0 Å². The van der Waals surface area contributed by atoms with E-state index in [0.717, 1.165) is 16.8 Å². The van der Waals surface area contributed by atoms with Gasteiger partial charge in [0.05, 0.1) is 13.7 Å². The third kappa shape index (κ3) is 1.78. The van der Waals surface area contributed by atoms with Crippen molar-refractivity contribution in [2.24, 2.45) is 0 Å². The maximum atomic E-state index is 12.6. The summed E-state index contributed by atoms with van der Waals surface area (Å²) in [5, 5.41) is 0. The summed E-state index contributed by atoms with van der Waals surface area (Å²) < 4.78 is 10.5. The number of ether oxygens (including phenoxy) is 1. The monoisotopic (exact) mass is 280 g/mol. The van der Waals surface area contributed by atoms with Gasteiger partial charge in [0.25, 0.3) is 5.91 Å². The Morgan fingerprint density at radius 1 is 1.24 bits per heavy atom. The Bertz CT molecular complexity index is 854. The van der Waals surface area contributed by atoms with Gasteiger partial charge in [-0.05, 0) is 29.8 Å². The highest BCUT2D eigenvalue weighted by molar-refractivity contribution is 6.10. The molecule has 4 rings (SSSR count). The van der Waals surface area contributed by atoms with Gasteiger partial charge >= 0.3 is 0 Å². The molecule has 0 unspecified atom stereocenters. The molecule has 104 valence electrons. The third-order valence-corrected chi connectivity index (χ3v) is 3.75. The number of anilines is 1. The number of oxazole rings is 1. The molecular weight excluding hydrogens is 268 g/mol. The number of benzene rings is 2. The van der Waals surface area contributed by atoms with Crippen molar-refractivity contribution in [3.63, 3.8) is 0 Å². The van der Waals surface area contributed by atoms with E-state index in [-0.39, 0.29) is 5.91 Å². The summed E-state index contributed by atoms with van der Waals surface area (Å²) in [6.07, 6.45) is 1.40. The van der Waals surface area contributed by atoms with E-state index >= 15 is 0 Å². The average Bonchev–Trinajstić information content (AvgIpc) is 3.11. The number of aromatic nitrogens is 1. The predicted octanol–water partition coefficient (Wildman–Crippen LogP) is 3.00. The smallest absolute Gasteiger partial charge is 0.259 e. The van der Waals surface area contributed by atoms with Crippen LogP contribution in [-0.2, 0) is 6.54 Å². The molecule has 0 saturated heterocycles. The second-order valence-corrected chi connectivity index (χ2v) is 4.92.